The molecule has 1 aliphatic heterocycles. The van der Waals surface area contributed by atoms with E-state index in [1.54, 1.807) is 0 Å². The average Bonchev–Trinajstić information content (AvgIpc) is 2.90. The van der Waals surface area contributed by atoms with Crippen molar-refractivity contribution < 1.29 is 4.74 Å². The van der Waals surface area contributed by atoms with Crippen LogP contribution in [0.15, 0.2) is 18.2 Å². The van der Waals surface area contributed by atoms with Gasteiger partial charge in [-0.2, -0.15) is 0 Å². The number of benzene rings is 1. The molecule has 1 aromatic heterocycles. The van der Waals surface area contributed by atoms with Crippen molar-refractivity contribution in [3.8, 4) is 0 Å². The Labute approximate surface area is 113 Å². The SMILES string of the molecule is CCC(C)n1nnc2cc(N3CCOCC3)ccc21. The topological polar surface area (TPSA) is 43.2 Å². The highest BCUT2D eigenvalue weighted by atomic mass is 16.5. The first-order valence-corrected chi connectivity index (χ1v) is 6.97. The minimum Gasteiger partial charge on any atom is -0.378 e. The summed E-state index contributed by atoms with van der Waals surface area (Å²) in [5.41, 5.74) is 3.31. The third-order valence-electron chi connectivity index (χ3n) is 3.84. The van der Waals surface area contributed by atoms with Crippen LogP contribution >= 0.6 is 0 Å². The van der Waals surface area contributed by atoms with Gasteiger partial charge in [-0.05, 0) is 31.5 Å². The summed E-state index contributed by atoms with van der Waals surface area (Å²) in [5, 5.41) is 8.57. The summed E-state index contributed by atoms with van der Waals surface area (Å²) in [7, 11) is 0. The van der Waals surface area contributed by atoms with Crippen molar-refractivity contribution in [3.05, 3.63) is 18.2 Å². The maximum absolute atomic E-state index is 5.39. The molecule has 2 heterocycles. The van der Waals surface area contributed by atoms with Crippen LogP contribution < -0.4 is 4.90 Å². The molecule has 3 rings (SSSR count). The van der Waals surface area contributed by atoms with Gasteiger partial charge in [-0.1, -0.05) is 12.1 Å². The van der Waals surface area contributed by atoms with E-state index in [1.807, 2.05) is 4.68 Å². The van der Waals surface area contributed by atoms with Gasteiger partial charge in [-0.3, -0.25) is 0 Å². The third-order valence-corrected chi connectivity index (χ3v) is 3.84. The summed E-state index contributed by atoms with van der Waals surface area (Å²) in [6.45, 7) is 7.84. The molecule has 1 saturated heterocycles. The first kappa shape index (κ1) is 12.4. The van der Waals surface area contributed by atoms with E-state index in [1.165, 1.54) is 5.69 Å². The van der Waals surface area contributed by atoms with Crippen LogP contribution in [-0.2, 0) is 4.74 Å². The van der Waals surface area contributed by atoms with E-state index in [-0.39, 0.29) is 0 Å². The molecule has 0 aliphatic carbocycles. The summed E-state index contributed by atoms with van der Waals surface area (Å²) < 4.78 is 7.40. The molecule has 0 N–H and O–H groups in total. The van der Waals surface area contributed by atoms with Gasteiger partial charge < -0.3 is 9.64 Å². The summed E-state index contributed by atoms with van der Waals surface area (Å²) in [6, 6.07) is 6.81. The summed E-state index contributed by atoms with van der Waals surface area (Å²) in [5.74, 6) is 0. The van der Waals surface area contributed by atoms with Gasteiger partial charge in [0.2, 0.25) is 0 Å². The number of rotatable bonds is 3. The predicted molar refractivity (Wildman–Crippen MR) is 75.6 cm³/mol. The Kier molecular flexibility index (Phi) is 3.38. The maximum atomic E-state index is 5.39. The van der Waals surface area contributed by atoms with Gasteiger partial charge in [-0.15, -0.1) is 5.10 Å². The zero-order valence-electron chi connectivity index (χ0n) is 11.5. The fraction of sp³-hybridized carbons (Fsp3) is 0.571. The smallest absolute Gasteiger partial charge is 0.115 e. The Morgan fingerprint density at radius 1 is 1.32 bits per heavy atom. The molecule has 0 amide bonds. The number of fused-ring (bicyclic) bond motifs is 1. The molecule has 1 fully saturated rings. The molecule has 0 bridgehead atoms. The number of aromatic nitrogens is 3. The lowest BCUT2D eigenvalue weighted by atomic mass is 10.2. The Morgan fingerprint density at radius 3 is 2.84 bits per heavy atom. The van der Waals surface area contributed by atoms with Crippen molar-refractivity contribution in [3.63, 3.8) is 0 Å². The largest absolute Gasteiger partial charge is 0.378 e. The van der Waals surface area contributed by atoms with E-state index < -0.39 is 0 Å². The Balaban J connectivity index is 1.93. The average molecular weight is 260 g/mol. The number of anilines is 1. The summed E-state index contributed by atoms with van der Waals surface area (Å²) >= 11 is 0. The standard InChI is InChI=1S/C14H20N4O/c1-3-11(2)18-14-5-4-12(10-13(14)15-16-18)17-6-8-19-9-7-17/h4-5,10-11H,3,6-9H2,1-2H3. The molecule has 0 radical (unpaired) electrons. The van der Waals surface area contributed by atoms with Crippen molar-refractivity contribution in [2.75, 3.05) is 31.2 Å². The molecule has 19 heavy (non-hydrogen) atoms. The van der Waals surface area contributed by atoms with E-state index in [2.05, 4.69) is 47.3 Å². The molecular weight excluding hydrogens is 240 g/mol. The highest BCUT2D eigenvalue weighted by Crippen LogP contribution is 2.23. The van der Waals surface area contributed by atoms with Crippen molar-refractivity contribution >= 4 is 16.7 Å². The molecule has 2 aromatic rings. The van der Waals surface area contributed by atoms with E-state index >= 15 is 0 Å². The molecule has 1 atom stereocenters. The number of nitrogens with zero attached hydrogens (tertiary/aromatic N) is 4. The van der Waals surface area contributed by atoms with Gasteiger partial charge in [-0.25, -0.2) is 4.68 Å². The van der Waals surface area contributed by atoms with Crippen LogP contribution in [0.25, 0.3) is 11.0 Å². The Morgan fingerprint density at radius 2 is 2.11 bits per heavy atom. The lowest BCUT2D eigenvalue weighted by Gasteiger charge is -2.28. The predicted octanol–water partition coefficient (Wildman–Crippen LogP) is 2.24. The fourth-order valence-electron chi connectivity index (χ4n) is 2.45. The van der Waals surface area contributed by atoms with Crippen molar-refractivity contribution in [2.45, 2.75) is 26.3 Å². The molecule has 5 nitrogen and oxygen atoms in total. The van der Waals surface area contributed by atoms with Gasteiger partial charge in [0.05, 0.1) is 24.8 Å². The monoisotopic (exact) mass is 260 g/mol. The van der Waals surface area contributed by atoms with Crippen LogP contribution in [0.3, 0.4) is 0 Å². The number of ether oxygens (including phenoxy) is 1. The number of hydrogen-bond acceptors (Lipinski definition) is 4. The molecule has 1 unspecified atom stereocenters. The lowest BCUT2D eigenvalue weighted by Crippen LogP contribution is -2.36. The molecular formula is C14H20N4O. The second-order valence-corrected chi connectivity index (χ2v) is 5.06. The van der Waals surface area contributed by atoms with Crippen molar-refractivity contribution in [1.29, 1.82) is 0 Å². The first-order valence-electron chi connectivity index (χ1n) is 6.97. The highest BCUT2D eigenvalue weighted by Gasteiger charge is 2.14. The van der Waals surface area contributed by atoms with Gasteiger partial charge >= 0.3 is 0 Å². The molecule has 5 heteroatoms. The Bertz CT molecular complexity index is 560. The van der Waals surface area contributed by atoms with E-state index in [0.29, 0.717) is 6.04 Å². The maximum Gasteiger partial charge on any atom is 0.115 e. The van der Waals surface area contributed by atoms with Crippen LogP contribution in [0.5, 0.6) is 0 Å². The second kappa shape index (κ2) is 5.17. The fourth-order valence-corrected chi connectivity index (χ4v) is 2.45. The highest BCUT2D eigenvalue weighted by molar-refractivity contribution is 5.79. The molecule has 1 aliphatic rings. The van der Waals surface area contributed by atoms with Crippen LogP contribution in [-0.4, -0.2) is 41.3 Å². The van der Waals surface area contributed by atoms with Crippen molar-refractivity contribution in [1.82, 2.24) is 15.0 Å². The molecule has 102 valence electrons. The van der Waals surface area contributed by atoms with Gasteiger partial charge in [0.15, 0.2) is 0 Å². The minimum atomic E-state index is 0.388. The first-order chi connectivity index (χ1) is 9.29. The molecule has 1 aromatic carbocycles. The normalized spacial score (nSPS) is 17.9. The van der Waals surface area contributed by atoms with Gasteiger partial charge in [0, 0.05) is 18.8 Å². The summed E-state index contributed by atoms with van der Waals surface area (Å²) in [6.07, 6.45) is 1.06. The molecule has 0 spiro atoms. The second-order valence-electron chi connectivity index (χ2n) is 5.06. The van der Waals surface area contributed by atoms with E-state index in [9.17, 15) is 0 Å². The molecule has 0 saturated carbocycles. The quantitative estimate of drug-likeness (QED) is 0.849. The Hall–Kier alpha value is -1.62. The van der Waals surface area contributed by atoms with E-state index in [0.717, 1.165) is 43.8 Å². The van der Waals surface area contributed by atoms with Crippen LogP contribution in [0.2, 0.25) is 0 Å². The summed E-state index contributed by atoms with van der Waals surface area (Å²) in [4.78, 5) is 2.34. The van der Waals surface area contributed by atoms with Crippen LogP contribution in [0.4, 0.5) is 5.69 Å². The third kappa shape index (κ3) is 2.30. The zero-order valence-corrected chi connectivity index (χ0v) is 11.5. The van der Waals surface area contributed by atoms with Crippen LogP contribution in [0, 0.1) is 0 Å². The van der Waals surface area contributed by atoms with Gasteiger partial charge in [0.25, 0.3) is 0 Å². The number of morpholine rings is 1. The van der Waals surface area contributed by atoms with Gasteiger partial charge in [0.1, 0.15) is 5.52 Å². The van der Waals surface area contributed by atoms with Crippen LogP contribution in [0.1, 0.15) is 26.3 Å². The zero-order chi connectivity index (χ0) is 13.2. The van der Waals surface area contributed by atoms with Crippen molar-refractivity contribution in [2.24, 2.45) is 0 Å². The van der Waals surface area contributed by atoms with E-state index in [4.69, 9.17) is 4.74 Å². The number of hydrogen-bond donors (Lipinski definition) is 0. The minimum absolute atomic E-state index is 0.388. The lowest BCUT2D eigenvalue weighted by molar-refractivity contribution is 0.122.